The average Bonchev–Trinajstić information content (AvgIpc) is 2.40. The highest BCUT2D eigenvalue weighted by molar-refractivity contribution is 9.10. The average molecular weight is 326 g/mol. The minimum atomic E-state index is 0.809. The van der Waals surface area contributed by atoms with Crippen LogP contribution in [0.4, 0.5) is 0 Å². The number of ether oxygens (including phenoxy) is 1. The second-order valence-corrected chi connectivity index (χ2v) is 6.55. The van der Waals surface area contributed by atoms with Crippen LogP contribution >= 0.6 is 15.9 Å². The maximum Gasteiger partial charge on any atom is 0.123 e. The second-order valence-electron chi connectivity index (χ2n) is 5.64. The summed E-state index contributed by atoms with van der Waals surface area (Å²) in [7, 11) is 0. The monoisotopic (exact) mass is 325 g/mol. The van der Waals surface area contributed by atoms with E-state index in [2.05, 4.69) is 52.9 Å². The van der Waals surface area contributed by atoms with E-state index in [9.17, 15) is 0 Å². The van der Waals surface area contributed by atoms with Crippen molar-refractivity contribution in [2.24, 2.45) is 5.92 Å². The molecule has 1 saturated heterocycles. The molecule has 0 aliphatic carbocycles. The van der Waals surface area contributed by atoms with Gasteiger partial charge in [0.05, 0.1) is 6.61 Å². The van der Waals surface area contributed by atoms with E-state index in [0.29, 0.717) is 0 Å². The van der Waals surface area contributed by atoms with Crippen LogP contribution in [0.5, 0.6) is 5.75 Å². The van der Waals surface area contributed by atoms with E-state index in [4.69, 9.17) is 4.74 Å². The molecule has 0 atom stereocenters. The van der Waals surface area contributed by atoms with Gasteiger partial charge in [-0.05, 0) is 62.9 Å². The zero-order valence-electron chi connectivity index (χ0n) is 12.0. The lowest BCUT2D eigenvalue weighted by Gasteiger charge is -2.30. The zero-order valence-corrected chi connectivity index (χ0v) is 13.6. The Morgan fingerprint density at radius 2 is 2.05 bits per heavy atom. The summed E-state index contributed by atoms with van der Waals surface area (Å²) in [5.74, 6) is 1.92. The van der Waals surface area contributed by atoms with Crippen LogP contribution in [-0.4, -0.2) is 31.1 Å². The van der Waals surface area contributed by atoms with E-state index in [-0.39, 0.29) is 0 Å². The molecule has 106 valence electrons. The van der Waals surface area contributed by atoms with E-state index in [1.165, 1.54) is 38.0 Å². The molecule has 1 aliphatic rings. The molecule has 1 aromatic rings. The largest absolute Gasteiger partial charge is 0.493 e. The van der Waals surface area contributed by atoms with Gasteiger partial charge in [-0.2, -0.15) is 0 Å². The number of hydrogen-bond acceptors (Lipinski definition) is 2. The van der Waals surface area contributed by atoms with Crippen LogP contribution < -0.4 is 4.74 Å². The van der Waals surface area contributed by atoms with E-state index < -0.39 is 0 Å². The maximum absolute atomic E-state index is 5.87. The normalized spacial score (nSPS) is 17.6. The summed E-state index contributed by atoms with van der Waals surface area (Å²) < 4.78 is 6.95. The molecule has 3 heteroatoms. The first-order chi connectivity index (χ1) is 9.15. The highest BCUT2D eigenvalue weighted by atomic mass is 79.9. The predicted molar refractivity (Wildman–Crippen MR) is 83.8 cm³/mol. The molecule has 0 saturated carbocycles. The van der Waals surface area contributed by atoms with Crippen LogP contribution in [0.1, 0.15) is 31.7 Å². The van der Waals surface area contributed by atoms with E-state index in [1.54, 1.807) is 0 Å². The third kappa shape index (κ3) is 4.81. The molecule has 0 spiro atoms. The van der Waals surface area contributed by atoms with Gasteiger partial charge in [-0.1, -0.05) is 28.9 Å². The van der Waals surface area contributed by atoms with Crippen molar-refractivity contribution in [2.75, 3.05) is 26.2 Å². The minimum absolute atomic E-state index is 0.809. The summed E-state index contributed by atoms with van der Waals surface area (Å²) in [6.07, 6.45) is 3.82. The molecule has 0 N–H and O–H groups in total. The van der Waals surface area contributed by atoms with Gasteiger partial charge in [0, 0.05) is 11.0 Å². The molecule has 0 radical (unpaired) electrons. The van der Waals surface area contributed by atoms with Crippen LogP contribution in [0.15, 0.2) is 22.7 Å². The van der Waals surface area contributed by atoms with Gasteiger partial charge in [0.25, 0.3) is 0 Å². The highest BCUT2D eigenvalue weighted by Crippen LogP contribution is 2.23. The number of rotatable bonds is 5. The summed E-state index contributed by atoms with van der Waals surface area (Å²) in [6.45, 7) is 8.95. The number of hydrogen-bond donors (Lipinski definition) is 0. The van der Waals surface area contributed by atoms with Crippen LogP contribution in [0, 0.1) is 12.8 Å². The fraction of sp³-hybridized carbons (Fsp3) is 0.625. The highest BCUT2D eigenvalue weighted by Gasteiger charge is 2.14. The van der Waals surface area contributed by atoms with Crippen molar-refractivity contribution in [3.63, 3.8) is 0 Å². The standard InChI is InChI=1S/C16H24BrNO/c1-13-6-9-18(10-7-13)8-3-11-19-16-12-15(17)5-4-14(16)2/h4-5,12-13H,3,6-11H2,1-2H3. The molecule has 1 aromatic carbocycles. The van der Waals surface area contributed by atoms with Crippen LogP contribution in [0.2, 0.25) is 0 Å². The topological polar surface area (TPSA) is 12.5 Å². The first-order valence-corrected chi connectivity index (χ1v) is 8.06. The SMILES string of the molecule is Cc1ccc(Br)cc1OCCCN1CCC(C)CC1. The third-order valence-corrected chi connectivity index (χ3v) is 4.40. The molecular weight excluding hydrogens is 302 g/mol. The van der Waals surface area contributed by atoms with E-state index in [0.717, 1.165) is 29.2 Å². The van der Waals surface area contributed by atoms with Gasteiger partial charge >= 0.3 is 0 Å². The van der Waals surface area contributed by atoms with Crippen molar-refractivity contribution >= 4 is 15.9 Å². The number of piperidine rings is 1. The van der Waals surface area contributed by atoms with Gasteiger partial charge in [0.1, 0.15) is 5.75 Å². The van der Waals surface area contributed by atoms with Crippen molar-refractivity contribution in [3.8, 4) is 5.75 Å². The second kappa shape index (κ2) is 7.30. The predicted octanol–water partition coefficient (Wildman–Crippen LogP) is 4.26. The Morgan fingerprint density at radius 3 is 2.79 bits per heavy atom. The Morgan fingerprint density at radius 1 is 1.32 bits per heavy atom. The van der Waals surface area contributed by atoms with Crippen molar-refractivity contribution < 1.29 is 4.74 Å². The Labute approximate surface area is 125 Å². The lowest BCUT2D eigenvalue weighted by molar-refractivity contribution is 0.177. The molecule has 1 aliphatic heterocycles. The first-order valence-electron chi connectivity index (χ1n) is 7.26. The lowest BCUT2D eigenvalue weighted by Crippen LogP contribution is -2.34. The van der Waals surface area contributed by atoms with Gasteiger partial charge in [-0.3, -0.25) is 0 Å². The summed E-state index contributed by atoms with van der Waals surface area (Å²) in [6, 6.07) is 6.19. The van der Waals surface area contributed by atoms with Crippen LogP contribution in [-0.2, 0) is 0 Å². The summed E-state index contributed by atoms with van der Waals surface area (Å²) >= 11 is 3.49. The van der Waals surface area contributed by atoms with Gasteiger partial charge in [0.15, 0.2) is 0 Å². The first kappa shape index (κ1) is 14.9. The molecule has 0 unspecified atom stereocenters. The molecule has 1 fully saturated rings. The smallest absolute Gasteiger partial charge is 0.123 e. The Hall–Kier alpha value is -0.540. The zero-order chi connectivity index (χ0) is 13.7. The third-order valence-electron chi connectivity index (χ3n) is 3.90. The minimum Gasteiger partial charge on any atom is -0.493 e. The van der Waals surface area contributed by atoms with Crippen molar-refractivity contribution in [1.82, 2.24) is 4.90 Å². The van der Waals surface area contributed by atoms with Gasteiger partial charge in [0.2, 0.25) is 0 Å². The molecule has 2 rings (SSSR count). The molecular formula is C16H24BrNO. The molecule has 19 heavy (non-hydrogen) atoms. The van der Waals surface area contributed by atoms with Crippen LogP contribution in [0.3, 0.4) is 0 Å². The van der Waals surface area contributed by atoms with Crippen molar-refractivity contribution in [3.05, 3.63) is 28.2 Å². The molecule has 2 nitrogen and oxygen atoms in total. The number of nitrogens with zero attached hydrogens (tertiary/aromatic N) is 1. The fourth-order valence-electron chi connectivity index (χ4n) is 2.49. The number of aryl methyl sites for hydroxylation is 1. The summed E-state index contributed by atoms with van der Waals surface area (Å²) in [5, 5.41) is 0. The number of benzene rings is 1. The summed E-state index contributed by atoms with van der Waals surface area (Å²) in [5.41, 5.74) is 1.20. The quantitative estimate of drug-likeness (QED) is 0.750. The maximum atomic E-state index is 5.87. The number of halogens is 1. The van der Waals surface area contributed by atoms with Crippen molar-refractivity contribution in [2.45, 2.75) is 33.1 Å². The summed E-state index contributed by atoms with van der Waals surface area (Å²) in [4.78, 5) is 2.57. The fourth-order valence-corrected chi connectivity index (χ4v) is 2.83. The van der Waals surface area contributed by atoms with Gasteiger partial charge < -0.3 is 9.64 Å². The number of likely N-dealkylation sites (tertiary alicyclic amines) is 1. The lowest BCUT2D eigenvalue weighted by atomic mass is 9.99. The molecule has 0 amide bonds. The van der Waals surface area contributed by atoms with E-state index in [1.807, 2.05) is 0 Å². The molecule has 1 heterocycles. The van der Waals surface area contributed by atoms with Crippen LogP contribution in [0.25, 0.3) is 0 Å². The van der Waals surface area contributed by atoms with Gasteiger partial charge in [-0.15, -0.1) is 0 Å². The molecule has 0 aromatic heterocycles. The van der Waals surface area contributed by atoms with Crippen molar-refractivity contribution in [1.29, 1.82) is 0 Å². The Kier molecular flexibility index (Phi) is 5.71. The van der Waals surface area contributed by atoms with Gasteiger partial charge in [-0.25, -0.2) is 0 Å². The van der Waals surface area contributed by atoms with E-state index >= 15 is 0 Å². The Bertz CT molecular complexity index is 400. The molecule has 0 bridgehead atoms. The Balaban J connectivity index is 1.68.